The number of likely N-dealkylation sites (N-methyl/N-ethyl adjacent to an activating group) is 1. The predicted octanol–water partition coefficient (Wildman–Crippen LogP) is 0.356. The standard InChI is InChI=1S/C14H21N3O2/c1-11(8-15)14(19)17(2)10-13(18)16-9-12-6-4-3-5-7-12/h3-7,11H,8-10,15H2,1-2H3,(H,16,18). The number of nitrogens with two attached hydrogens (primary N) is 1. The summed E-state index contributed by atoms with van der Waals surface area (Å²) in [6, 6.07) is 9.63. The van der Waals surface area contributed by atoms with Crippen molar-refractivity contribution < 1.29 is 9.59 Å². The van der Waals surface area contributed by atoms with Crippen LogP contribution < -0.4 is 11.1 Å². The summed E-state index contributed by atoms with van der Waals surface area (Å²) >= 11 is 0. The Morgan fingerprint density at radius 1 is 1.32 bits per heavy atom. The van der Waals surface area contributed by atoms with Crippen LogP contribution in [0.2, 0.25) is 0 Å². The molecular formula is C14H21N3O2. The van der Waals surface area contributed by atoms with Crippen LogP contribution in [0.1, 0.15) is 12.5 Å². The number of rotatable bonds is 6. The molecule has 0 aliphatic heterocycles. The molecule has 0 aliphatic carbocycles. The van der Waals surface area contributed by atoms with Crippen LogP contribution in [0, 0.1) is 5.92 Å². The van der Waals surface area contributed by atoms with Gasteiger partial charge >= 0.3 is 0 Å². The monoisotopic (exact) mass is 263 g/mol. The third kappa shape index (κ3) is 5.09. The number of nitrogens with one attached hydrogen (secondary N) is 1. The first kappa shape index (κ1) is 15.2. The molecule has 0 fully saturated rings. The highest BCUT2D eigenvalue weighted by molar-refractivity contribution is 5.85. The van der Waals surface area contributed by atoms with Gasteiger partial charge in [0, 0.05) is 26.1 Å². The number of hydrogen-bond donors (Lipinski definition) is 2. The largest absolute Gasteiger partial charge is 0.350 e. The normalized spacial score (nSPS) is 11.7. The Balaban J connectivity index is 2.37. The zero-order valence-corrected chi connectivity index (χ0v) is 11.4. The van der Waals surface area contributed by atoms with Gasteiger partial charge in [-0.1, -0.05) is 37.3 Å². The van der Waals surface area contributed by atoms with E-state index in [1.54, 1.807) is 14.0 Å². The van der Waals surface area contributed by atoms with Crippen LogP contribution in [0.4, 0.5) is 0 Å². The first-order valence-corrected chi connectivity index (χ1v) is 6.30. The van der Waals surface area contributed by atoms with Gasteiger partial charge in [-0.25, -0.2) is 0 Å². The van der Waals surface area contributed by atoms with E-state index in [9.17, 15) is 9.59 Å². The highest BCUT2D eigenvalue weighted by Gasteiger charge is 2.17. The smallest absolute Gasteiger partial charge is 0.239 e. The lowest BCUT2D eigenvalue weighted by Gasteiger charge is -2.20. The second-order valence-corrected chi connectivity index (χ2v) is 4.59. The Labute approximate surface area is 113 Å². The molecule has 0 spiro atoms. The molecule has 1 aromatic rings. The van der Waals surface area contributed by atoms with Crippen LogP contribution in [-0.4, -0.2) is 36.9 Å². The maximum atomic E-state index is 11.7. The van der Waals surface area contributed by atoms with Crippen molar-refractivity contribution in [2.24, 2.45) is 11.7 Å². The highest BCUT2D eigenvalue weighted by Crippen LogP contribution is 1.99. The number of hydrogen-bond acceptors (Lipinski definition) is 3. The lowest BCUT2D eigenvalue weighted by molar-refractivity contribution is -0.137. The summed E-state index contributed by atoms with van der Waals surface area (Å²) in [5.74, 6) is -0.548. The number of carbonyl (C=O) groups is 2. The maximum Gasteiger partial charge on any atom is 0.239 e. The van der Waals surface area contributed by atoms with Gasteiger partial charge in [0.2, 0.25) is 11.8 Å². The SMILES string of the molecule is CC(CN)C(=O)N(C)CC(=O)NCc1ccccc1. The summed E-state index contributed by atoms with van der Waals surface area (Å²) in [5, 5.41) is 2.78. The van der Waals surface area contributed by atoms with Crippen molar-refractivity contribution >= 4 is 11.8 Å². The van der Waals surface area contributed by atoms with E-state index in [2.05, 4.69) is 5.32 Å². The maximum absolute atomic E-state index is 11.7. The Morgan fingerprint density at radius 3 is 2.53 bits per heavy atom. The van der Waals surface area contributed by atoms with E-state index < -0.39 is 0 Å². The molecule has 3 N–H and O–H groups in total. The molecule has 19 heavy (non-hydrogen) atoms. The number of amides is 2. The topological polar surface area (TPSA) is 75.4 Å². The fourth-order valence-corrected chi connectivity index (χ4v) is 1.62. The highest BCUT2D eigenvalue weighted by atomic mass is 16.2. The third-order valence-electron chi connectivity index (χ3n) is 2.86. The van der Waals surface area contributed by atoms with Crippen LogP contribution in [0.25, 0.3) is 0 Å². The Bertz CT molecular complexity index is 420. The van der Waals surface area contributed by atoms with Crippen molar-refractivity contribution in [3.63, 3.8) is 0 Å². The van der Waals surface area contributed by atoms with E-state index in [0.717, 1.165) is 5.56 Å². The molecular weight excluding hydrogens is 242 g/mol. The molecule has 0 saturated carbocycles. The van der Waals surface area contributed by atoms with E-state index in [1.807, 2.05) is 30.3 Å². The van der Waals surface area contributed by atoms with Gasteiger partial charge in [0.25, 0.3) is 0 Å². The molecule has 1 aromatic carbocycles. The van der Waals surface area contributed by atoms with Gasteiger partial charge in [-0.15, -0.1) is 0 Å². The number of carbonyl (C=O) groups excluding carboxylic acids is 2. The zero-order valence-electron chi connectivity index (χ0n) is 11.4. The fraction of sp³-hybridized carbons (Fsp3) is 0.429. The van der Waals surface area contributed by atoms with Gasteiger partial charge in [0.1, 0.15) is 0 Å². The van der Waals surface area contributed by atoms with Crippen molar-refractivity contribution in [1.82, 2.24) is 10.2 Å². The predicted molar refractivity (Wildman–Crippen MR) is 74.1 cm³/mol. The second kappa shape index (κ2) is 7.53. The molecule has 0 aliphatic rings. The van der Waals surface area contributed by atoms with Crippen LogP contribution in [0.15, 0.2) is 30.3 Å². The Morgan fingerprint density at radius 2 is 1.95 bits per heavy atom. The molecule has 5 nitrogen and oxygen atoms in total. The minimum atomic E-state index is -0.257. The van der Waals surface area contributed by atoms with Crippen molar-refractivity contribution in [1.29, 1.82) is 0 Å². The Hall–Kier alpha value is -1.88. The van der Waals surface area contributed by atoms with E-state index >= 15 is 0 Å². The first-order valence-electron chi connectivity index (χ1n) is 6.30. The zero-order chi connectivity index (χ0) is 14.3. The van der Waals surface area contributed by atoms with Crippen molar-refractivity contribution in [2.45, 2.75) is 13.5 Å². The summed E-state index contributed by atoms with van der Waals surface area (Å²) in [5.41, 5.74) is 6.46. The molecule has 1 unspecified atom stereocenters. The molecule has 0 saturated heterocycles. The number of benzene rings is 1. The minimum Gasteiger partial charge on any atom is -0.350 e. The van der Waals surface area contributed by atoms with Crippen LogP contribution in [0.5, 0.6) is 0 Å². The molecule has 0 radical (unpaired) electrons. The molecule has 104 valence electrons. The van der Waals surface area contributed by atoms with Crippen LogP contribution in [-0.2, 0) is 16.1 Å². The number of nitrogens with zero attached hydrogens (tertiary/aromatic N) is 1. The van der Waals surface area contributed by atoms with E-state index in [4.69, 9.17) is 5.73 Å². The lowest BCUT2D eigenvalue weighted by atomic mass is 10.1. The van der Waals surface area contributed by atoms with E-state index in [-0.39, 0.29) is 30.8 Å². The molecule has 0 heterocycles. The van der Waals surface area contributed by atoms with Crippen LogP contribution >= 0.6 is 0 Å². The van der Waals surface area contributed by atoms with Crippen molar-refractivity contribution in [2.75, 3.05) is 20.1 Å². The Kier molecular flexibility index (Phi) is 6.02. The lowest BCUT2D eigenvalue weighted by Crippen LogP contribution is -2.41. The third-order valence-corrected chi connectivity index (χ3v) is 2.86. The van der Waals surface area contributed by atoms with E-state index in [1.165, 1.54) is 4.90 Å². The molecule has 0 bridgehead atoms. The average Bonchev–Trinajstić information content (AvgIpc) is 2.44. The van der Waals surface area contributed by atoms with Gasteiger partial charge in [-0.2, -0.15) is 0 Å². The minimum absolute atomic E-state index is 0.0516. The summed E-state index contributed by atoms with van der Waals surface area (Å²) < 4.78 is 0. The summed E-state index contributed by atoms with van der Waals surface area (Å²) in [4.78, 5) is 24.9. The van der Waals surface area contributed by atoms with Gasteiger partial charge < -0.3 is 16.0 Å². The van der Waals surface area contributed by atoms with Gasteiger partial charge in [0.05, 0.1) is 6.54 Å². The molecule has 0 aromatic heterocycles. The van der Waals surface area contributed by atoms with Crippen molar-refractivity contribution in [3.8, 4) is 0 Å². The second-order valence-electron chi connectivity index (χ2n) is 4.59. The van der Waals surface area contributed by atoms with Gasteiger partial charge in [0.15, 0.2) is 0 Å². The quantitative estimate of drug-likeness (QED) is 0.778. The van der Waals surface area contributed by atoms with Gasteiger partial charge in [-0.3, -0.25) is 9.59 Å². The molecule has 2 amide bonds. The van der Waals surface area contributed by atoms with E-state index in [0.29, 0.717) is 6.54 Å². The summed E-state index contributed by atoms with van der Waals surface area (Å²) in [6.45, 7) is 2.56. The summed E-state index contributed by atoms with van der Waals surface area (Å²) in [6.07, 6.45) is 0. The summed E-state index contributed by atoms with van der Waals surface area (Å²) in [7, 11) is 1.61. The van der Waals surface area contributed by atoms with Crippen molar-refractivity contribution in [3.05, 3.63) is 35.9 Å². The molecule has 1 rings (SSSR count). The van der Waals surface area contributed by atoms with Gasteiger partial charge in [-0.05, 0) is 5.56 Å². The fourth-order valence-electron chi connectivity index (χ4n) is 1.62. The van der Waals surface area contributed by atoms with Crippen LogP contribution in [0.3, 0.4) is 0 Å². The average molecular weight is 263 g/mol. The molecule has 1 atom stereocenters. The first-order chi connectivity index (χ1) is 9.04. The molecule has 5 heteroatoms.